The first kappa shape index (κ1) is 22.3. The summed E-state index contributed by atoms with van der Waals surface area (Å²) >= 11 is 0.182. The third-order valence-corrected chi connectivity index (χ3v) is 7.24. The summed E-state index contributed by atoms with van der Waals surface area (Å²) in [5.74, 6) is 0.324. The van der Waals surface area contributed by atoms with E-state index in [1.807, 2.05) is 24.4 Å². The molecule has 0 saturated heterocycles. The third kappa shape index (κ3) is 5.41. The topological polar surface area (TPSA) is 32.6 Å². The molecule has 2 nitrogen and oxygen atoms in total. The Morgan fingerprint density at radius 1 is 0.800 bits per heavy atom. The van der Waals surface area contributed by atoms with E-state index in [-0.39, 0.29) is 25.8 Å². The van der Waals surface area contributed by atoms with Crippen LogP contribution in [0, 0.1) is 0 Å². The normalized spacial score (nSPS) is 12.5. The third-order valence-electron chi connectivity index (χ3n) is 4.99. The Hall–Kier alpha value is -2.35. The van der Waals surface area contributed by atoms with Gasteiger partial charge in [0.2, 0.25) is 0 Å². The van der Waals surface area contributed by atoms with Crippen molar-refractivity contribution >= 4 is 35.8 Å². The van der Waals surface area contributed by atoms with Crippen molar-refractivity contribution < 1.29 is 5.11 Å². The number of hydrogen-bond donors (Lipinski definition) is 1. The van der Waals surface area contributed by atoms with E-state index in [0.29, 0.717) is 5.75 Å². The molecule has 3 rings (SSSR count). The zero-order chi connectivity index (χ0) is 21.9. The molecule has 0 aromatic heterocycles. The number of aliphatic imine (C=N–C) groups is 1. The fourth-order valence-corrected chi connectivity index (χ4v) is 5.09. The van der Waals surface area contributed by atoms with Crippen molar-refractivity contribution in [2.75, 3.05) is 0 Å². The summed E-state index contributed by atoms with van der Waals surface area (Å²) in [5.41, 5.74) is 3.73. The molecule has 156 valence electrons. The van der Waals surface area contributed by atoms with Crippen LogP contribution in [-0.4, -0.2) is 26.3 Å². The fourth-order valence-electron chi connectivity index (χ4n) is 3.16. The molecule has 1 N–H and O–H groups in total. The van der Waals surface area contributed by atoms with E-state index >= 15 is 0 Å². The van der Waals surface area contributed by atoms with Crippen molar-refractivity contribution in [2.45, 2.75) is 52.4 Å². The van der Waals surface area contributed by atoms with Gasteiger partial charge in [0.25, 0.3) is 0 Å². The van der Waals surface area contributed by atoms with Crippen molar-refractivity contribution in [3.63, 3.8) is 0 Å². The van der Waals surface area contributed by atoms with E-state index in [4.69, 9.17) is 4.99 Å². The second kappa shape index (κ2) is 8.79. The Labute approximate surface area is 187 Å². The quantitative estimate of drug-likeness (QED) is 0.407. The van der Waals surface area contributed by atoms with E-state index in [1.54, 1.807) is 0 Å². The van der Waals surface area contributed by atoms with Gasteiger partial charge in [-0.15, -0.1) is 0 Å². The SMILES string of the molecule is CC(C)(C)c1cc(C=Nc2ccccc2[Se]c2ccccc2)c(O)c(C(C)(C)C)c1. The van der Waals surface area contributed by atoms with Gasteiger partial charge in [-0.3, -0.25) is 0 Å². The second-order valence-electron chi connectivity index (χ2n) is 9.60. The van der Waals surface area contributed by atoms with Crippen LogP contribution in [0.25, 0.3) is 0 Å². The number of rotatable bonds is 4. The van der Waals surface area contributed by atoms with Crippen LogP contribution in [0.15, 0.2) is 71.7 Å². The summed E-state index contributed by atoms with van der Waals surface area (Å²) in [6, 6.07) is 23.0. The molecule has 0 bridgehead atoms. The van der Waals surface area contributed by atoms with Crippen molar-refractivity contribution in [3.05, 3.63) is 83.4 Å². The molecule has 0 aliphatic carbocycles. The van der Waals surface area contributed by atoms with Crippen LogP contribution < -0.4 is 8.92 Å². The molecule has 0 saturated carbocycles. The van der Waals surface area contributed by atoms with E-state index in [1.165, 1.54) is 14.5 Å². The fraction of sp³-hybridized carbons (Fsp3) is 0.296. The molecular formula is C27H31NOSe. The van der Waals surface area contributed by atoms with Gasteiger partial charge in [0.15, 0.2) is 0 Å². The number of aromatic hydroxyl groups is 1. The van der Waals surface area contributed by atoms with Gasteiger partial charge >= 0.3 is 187 Å². The van der Waals surface area contributed by atoms with Crippen LogP contribution in [0.5, 0.6) is 5.75 Å². The second-order valence-corrected chi connectivity index (χ2v) is 11.9. The van der Waals surface area contributed by atoms with Crippen LogP contribution in [-0.2, 0) is 10.8 Å². The monoisotopic (exact) mass is 465 g/mol. The van der Waals surface area contributed by atoms with Crippen LogP contribution in [0.2, 0.25) is 0 Å². The Balaban J connectivity index is 2.03. The van der Waals surface area contributed by atoms with Gasteiger partial charge in [0.1, 0.15) is 0 Å². The summed E-state index contributed by atoms with van der Waals surface area (Å²) in [6.07, 6.45) is 1.82. The standard InChI is InChI=1S/C27H31NOSe/c1-26(2,3)20-16-19(25(29)22(17-20)27(4,5)6)18-28-23-14-10-11-15-24(23)30-21-12-8-7-9-13-21/h7-18,29H,1-6H3. The number of phenolic OH excluding ortho intramolecular Hbond substituents is 1. The van der Waals surface area contributed by atoms with Crippen molar-refractivity contribution in [1.82, 2.24) is 0 Å². The zero-order valence-electron chi connectivity index (χ0n) is 18.7. The van der Waals surface area contributed by atoms with Crippen molar-refractivity contribution in [3.8, 4) is 5.75 Å². The first-order chi connectivity index (χ1) is 14.1. The van der Waals surface area contributed by atoms with Crippen LogP contribution >= 0.6 is 0 Å². The summed E-state index contributed by atoms with van der Waals surface area (Å²) in [6.45, 7) is 13.0. The molecule has 0 aliphatic heterocycles. The molecule has 0 radical (unpaired) electrons. The van der Waals surface area contributed by atoms with E-state index < -0.39 is 0 Å². The molecule has 3 aromatic rings. The number of phenols is 1. The first-order valence-corrected chi connectivity index (χ1v) is 12.0. The average molecular weight is 465 g/mol. The molecule has 0 atom stereocenters. The van der Waals surface area contributed by atoms with E-state index in [2.05, 4.69) is 90.1 Å². The minimum absolute atomic E-state index is 0.00931. The Morgan fingerprint density at radius 3 is 2.07 bits per heavy atom. The minimum atomic E-state index is -0.151. The average Bonchev–Trinajstić information content (AvgIpc) is 2.67. The van der Waals surface area contributed by atoms with Gasteiger partial charge in [-0.05, 0) is 0 Å². The molecule has 3 heteroatoms. The predicted molar refractivity (Wildman–Crippen MR) is 131 cm³/mol. The molecule has 0 unspecified atom stereocenters. The predicted octanol–water partition coefficient (Wildman–Crippen LogP) is 5.39. The van der Waals surface area contributed by atoms with Gasteiger partial charge in [-0.2, -0.15) is 0 Å². The zero-order valence-corrected chi connectivity index (χ0v) is 20.4. The van der Waals surface area contributed by atoms with Crippen LogP contribution in [0.1, 0.15) is 58.2 Å². The molecule has 30 heavy (non-hydrogen) atoms. The molecule has 0 aliphatic rings. The molecule has 0 amide bonds. The van der Waals surface area contributed by atoms with Gasteiger partial charge in [0.05, 0.1) is 0 Å². The van der Waals surface area contributed by atoms with Crippen molar-refractivity contribution in [1.29, 1.82) is 0 Å². The molecule has 0 spiro atoms. The number of para-hydroxylation sites is 1. The summed E-state index contributed by atoms with van der Waals surface area (Å²) < 4.78 is 2.55. The van der Waals surface area contributed by atoms with Crippen LogP contribution in [0.4, 0.5) is 5.69 Å². The summed E-state index contributed by atoms with van der Waals surface area (Å²) in [7, 11) is 0. The maximum absolute atomic E-state index is 11.0. The molecule has 0 heterocycles. The Bertz CT molecular complexity index is 1040. The van der Waals surface area contributed by atoms with Gasteiger partial charge in [-0.25, -0.2) is 0 Å². The number of hydrogen-bond acceptors (Lipinski definition) is 2. The van der Waals surface area contributed by atoms with Crippen molar-refractivity contribution in [2.24, 2.45) is 4.99 Å². The Kier molecular flexibility index (Phi) is 6.55. The molecule has 0 fully saturated rings. The van der Waals surface area contributed by atoms with E-state index in [0.717, 1.165) is 16.8 Å². The summed E-state index contributed by atoms with van der Waals surface area (Å²) in [4.78, 5) is 4.81. The van der Waals surface area contributed by atoms with Crippen LogP contribution in [0.3, 0.4) is 0 Å². The van der Waals surface area contributed by atoms with Gasteiger partial charge in [-0.1, -0.05) is 0 Å². The molecule has 3 aromatic carbocycles. The summed E-state index contributed by atoms with van der Waals surface area (Å²) in [5, 5.41) is 11.0. The number of benzene rings is 3. The maximum atomic E-state index is 11.0. The van der Waals surface area contributed by atoms with Gasteiger partial charge in [0, 0.05) is 0 Å². The number of nitrogens with zero attached hydrogens (tertiary/aromatic N) is 1. The van der Waals surface area contributed by atoms with Gasteiger partial charge < -0.3 is 0 Å². The molecular weight excluding hydrogens is 433 g/mol. The Morgan fingerprint density at radius 2 is 1.43 bits per heavy atom. The first-order valence-electron chi connectivity index (χ1n) is 10.3. The van der Waals surface area contributed by atoms with E-state index in [9.17, 15) is 5.11 Å².